The van der Waals surface area contributed by atoms with Gasteiger partial charge in [0.15, 0.2) is 0 Å². The van der Waals surface area contributed by atoms with Gasteiger partial charge in [-0.2, -0.15) is 0 Å². The summed E-state index contributed by atoms with van der Waals surface area (Å²) >= 11 is 0. The molecule has 0 radical (unpaired) electrons. The summed E-state index contributed by atoms with van der Waals surface area (Å²) in [6.45, 7) is 7.71. The zero-order valence-electron chi connectivity index (χ0n) is 12.2. The monoisotopic (exact) mass is 249 g/mol. The molecule has 0 amide bonds. The van der Waals surface area contributed by atoms with Crippen molar-refractivity contribution in [1.82, 2.24) is 5.32 Å². The van der Waals surface area contributed by atoms with Crippen LogP contribution in [0, 0.1) is 5.92 Å². The van der Waals surface area contributed by atoms with E-state index in [1.807, 2.05) is 12.1 Å². The first-order chi connectivity index (χ1) is 8.63. The van der Waals surface area contributed by atoms with E-state index < -0.39 is 0 Å². The minimum absolute atomic E-state index is 0.564. The molecule has 0 aliphatic rings. The number of hydrogen-bond donors (Lipinski definition) is 1. The first-order valence-corrected chi connectivity index (χ1v) is 6.98. The molecule has 0 bridgehead atoms. The first-order valence-electron chi connectivity index (χ1n) is 6.98. The van der Waals surface area contributed by atoms with Crippen molar-refractivity contribution in [3.63, 3.8) is 0 Å². The fourth-order valence-corrected chi connectivity index (χ4v) is 2.07. The Hall–Kier alpha value is -1.02. The van der Waals surface area contributed by atoms with E-state index >= 15 is 0 Å². The second-order valence-corrected chi connectivity index (χ2v) is 5.42. The van der Waals surface area contributed by atoms with E-state index in [1.54, 1.807) is 7.11 Å². The Morgan fingerprint density at radius 3 is 2.50 bits per heavy atom. The molecule has 2 heteroatoms. The van der Waals surface area contributed by atoms with Crippen LogP contribution >= 0.6 is 0 Å². The van der Waals surface area contributed by atoms with Crippen molar-refractivity contribution in [2.45, 2.75) is 52.6 Å². The van der Waals surface area contributed by atoms with Gasteiger partial charge in [-0.25, -0.2) is 0 Å². The maximum Gasteiger partial charge on any atom is 0.123 e. The molecule has 1 rings (SSSR count). The fourth-order valence-electron chi connectivity index (χ4n) is 2.07. The van der Waals surface area contributed by atoms with Gasteiger partial charge < -0.3 is 10.1 Å². The predicted molar refractivity (Wildman–Crippen MR) is 78.0 cm³/mol. The lowest BCUT2D eigenvalue weighted by Gasteiger charge is -2.15. The van der Waals surface area contributed by atoms with Gasteiger partial charge in [-0.1, -0.05) is 44.9 Å². The van der Waals surface area contributed by atoms with Crippen LogP contribution in [-0.4, -0.2) is 13.2 Å². The van der Waals surface area contributed by atoms with Gasteiger partial charge in [0.05, 0.1) is 7.11 Å². The minimum Gasteiger partial charge on any atom is -0.496 e. The molecule has 0 aliphatic carbocycles. The number of methoxy groups -OCH3 is 1. The van der Waals surface area contributed by atoms with E-state index in [9.17, 15) is 0 Å². The highest BCUT2D eigenvalue weighted by Gasteiger charge is 2.05. The largest absolute Gasteiger partial charge is 0.496 e. The summed E-state index contributed by atoms with van der Waals surface area (Å²) in [5, 5.41) is 3.57. The summed E-state index contributed by atoms with van der Waals surface area (Å²) in [5.74, 6) is 1.78. The van der Waals surface area contributed by atoms with Crippen LogP contribution in [0.1, 0.15) is 45.6 Å². The summed E-state index contributed by atoms with van der Waals surface area (Å²) in [4.78, 5) is 0. The zero-order valence-corrected chi connectivity index (χ0v) is 12.2. The Bertz CT molecular complexity index is 336. The average Bonchev–Trinajstić information content (AvgIpc) is 2.36. The van der Waals surface area contributed by atoms with Gasteiger partial charge in [-0.15, -0.1) is 0 Å². The van der Waals surface area contributed by atoms with Crippen LogP contribution in [0.4, 0.5) is 0 Å². The third kappa shape index (κ3) is 5.54. The van der Waals surface area contributed by atoms with Crippen molar-refractivity contribution in [2.75, 3.05) is 7.11 Å². The third-order valence-electron chi connectivity index (χ3n) is 3.25. The Balaban J connectivity index is 2.31. The van der Waals surface area contributed by atoms with Gasteiger partial charge in [0, 0.05) is 18.2 Å². The molecule has 1 N–H and O–H groups in total. The smallest absolute Gasteiger partial charge is 0.123 e. The highest BCUT2D eigenvalue weighted by Crippen LogP contribution is 2.17. The molecule has 1 aromatic carbocycles. The molecule has 1 atom stereocenters. The van der Waals surface area contributed by atoms with E-state index in [2.05, 4.69) is 38.2 Å². The molecule has 0 heterocycles. The van der Waals surface area contributed by atoms with Crippen LogP contribution in [0.25, 0.3) is 0 Å². The summed E-state index contributed by atoms with van der Waals surface area (Å²) < 4.78 is 5.35. The van der Waals surface area contributed by atoms with Crippen molar-refractivity contribution >= 4 is 0 Å². The molecule has 0 spiro atoms. The van der Waals surface area contributed by atoms with Crippen molar-refractivity contribution in [2.24, 2.45) is 5.92 Å². The highest BCUT2D eigenvalue weighted by molar-refractivity contribution is 5.32. The van der Waals surface area contributed by atoms with Crippen LogP contribution in [0.5, 0.6) is 5.75 Å². The van der Waals surface area contributed by atoms with Crippen molar-refractivity contribution < 1.29 is 4.74 Å². The predicted octanol–water partition coefficient (Wildman–Crippen LogP) is 4.00. The SMILES string of the molecule is COc1ccccc1CNC(C)CCCC(C)C. The van der Waals surface area contributed by atoms with E-state index in [-0.39, 0.29) is 0 Å². The lowest BCUT2D eigenvalue weighted by Crippen LogP contribution is -2.25. The van der Waals surface area contributed by atoms with E-state index in [4.69, 9.17) is 4.74 Å². The summed E-state index contributed by atoms with van der Waals surface area (Å²) in [5.41, 5.74) is 1.23. The molecule has 102 valence electrons. The molecule has 0 aliphatic heterocycles. The van der Waals surface area contributed by atoms with Crippen LogP contribution in [0.3, 0.4) is 0 Å². The number of nitrogens with one attached hydrogen (secondary N) is 1. The average molecular weight is 249 g/mol. The van der Waals surface area contributed by atoms with Gasteiger partial charge in [0.2, 0.25) is 0 Å². The van der Waals surface area contributed by atoms with Crippen LogP contribution in [0.15, 0.2) is 24.3 Å². The molecule has 1 aromatic rings. The fraction of sp³-hybridized carbons (Fsp3) is 0.625. The quantitative estimate of drug-likeness (QED) is 0.752. The maximum atomic E-state index is 5.35. The Labute approximate surface area is 112 Å². The van der Waals surface area contributed by atoms with Crippen LogP contribution in [0.2, 0.25) is 0 Å². The van der Waals surface area contributed by atoms with E-state index in [0.717, 1.165) is 18.2 Å². The molecule has 18 heavy (non-hydrogen) atoms. The number of para-hydroxylation sites is 1. The van der Waals surface area contributed by atoms with Crippen LogP contribution in [-0.2, 0) is 6.54 Å². The molecule has 0 fully saturated rings. The van der Waals surface area contributed by atoms with Gasteiger partial charge in [0.25, 0.3) is 0 Å². The summed E-state index contributed by atoms with van der Waals surface area (Å²) in [6, 6.07) is 8.76. The number of ether oxygens (including phenoxy) is 1. The van der Waals surface area contributed by atoms with Gasteiger partial charge in [0.1, 0.15) is 5.75 Å². The third-order valence-corrected chi connectivity index (χ3v) is 3.25. The van der Waals surface area contributed by atoms with E-state index in [0.29, 0.717) is 6.04 Å². The Morgan fingerprint density at radius 2 is 1.83 bits per heavy atom. The Kier molecular flexibility index (Phi) is 6.81. The molecule has 1 unspecified atom stereocenters. The van der Waals surface area contributed by atoms with Crippen LogP contribution < -0.4 is 10.1 Å². The highest BCUT2D eigenvalue weighted by atomic mass is 16.5. The lowest BCUT2D eigenvalue weighted by molar-refractivity contribution is 0.403. The van der Waals surface area contributed by atoms with Gasteiger partial charge >= 0.3 is 0 Å². The van der Waals surface area contributed by atoms with Crippen molar-refractivity contribution in [3.05, 3.63) is 29.8 Å². The number of benzene rings is 1. The van der Waals surface area contributed by atoms with E-state index in [1.165, 1.54) is 24.8 Å². The lowest BCUT2D eigenvalue weighted by atomic mass is 10.0. The standard InChI is InChI=1S/C16H27NO/c1-13(2)8-7-9-14(3)17-12-15-10-5-6-11-16(15)18-4/h5-6,10-11,13-14,17H,7-9,12H2,1-4H3. The Morgan fingerprint density at radius 1 is 1.11 bits per heavy atom. The second-order valence-electron chi connectivity index (χ2n) is 5.42. The van der Waals surface area contributed by atoms with Crippen molar-refractivity contribution in [3.8, 4) is 5.75 Å². The number of hydrogen-bond acceptors (Lipinski definition) is 2. The molecule has 2 nitrogen and oxygen atoms in total. The first kappa shape index (κ1) is 15.0. The second kappa shape index (κ2) is 8.15. The normalized spacial score (nSPS) is 12.7. The molecule has 0 saturated carbocycles. The maximum absolute atomic E-state index is 5.35. The molecular weight excluding hydrogens is 222 g/mol. The molecular formula is C16H27NO. The van der Waals surface area contributed by atoms with Crippen molar-refractivity contribution in [1.29, 1.82) is 0 Å². The zero-order chi connectivity index (χ0) is 13.4. The van der Waals surface area contributed by atoms with Gasteiger partial charge in [-0.3, -0.25) is 0 Å². The minimum atomic E-state index is 0.564. The molecule has 0 saturated heterocycles. The van der Waals surface area contributed by atoms with Gasteiger partial charge in [-0.05, 0) is 25.3 Å². The molecule has 0 aromatic heterocycles. The summed E-state index contributed by atoms with van der Waals surface area (Å²) in [7, 11) is 1.73. The summed E-state index contributed by atoms with van der Waals surface area (Å²) in [6.07, 6.45) is 3.87. The topological polar surface area (TPSA) is 21.3 Å². The number of rotatable bonds is 8.